The molecule has 1 saturated heterocycles. The third-order valence-corrected chi connectivity index (χ3v) is 3.62. The fraction of sp³-hybridized carbons (Fsp3) is 0.533. The molecule has 0 saturated carbocycles. The molecule has 98 valence electrons. The number of nitrogens with zero attached hydrogens (tertiary/aromatic N) is 1. The maximum atomic E-state index is 12.6. The molecule has 1 aromatic rings. The number of benzene rings is 1. The van der Waals surface area contributed by atoms with Gasteiger partial charge in [-0.2, -0.15) is 0 Å². The molecule has 1 aliphatic rings. The van der Waals surface area contributed by atoms with Crippen molar-refractivity contribution in [3.63, 3.8) is 0 Å². The number of carbonyl (C=O) groups is 1. The van der Waals surface area contributed by atoms with Gasteiger partial charge in [0.05, 0.1) is 12.0 Å². The third kappa shape index (κ3) is 2.72. The lowest BCUT2D eigenvalue weighted by Gasteiger charge is -2.39. The van der Waals surface area contributed by atoms with Gasteiger partial charge in [0, 0.05) is 19.6 Å². The largest absolute Gasteiger partial charge is 0.337 e. The summed E-state index contributed by atoms with van der Waals surface area (Å²) >= 11 is 0. The molecule has 1 heterocycles. The van der Waals surface area contributed by atoms with Crippen molar-refractivity contribution in [3.05, 3.63) is 35.9 Å². The molecule has 3 heteroatoms. The van der Waals surface area contributed by atoms with Crippen LogP contribution in [0.15, 0.2) is 30.3 Å². The summed E-state index contributed by atoms with van der Waals surface area (Å²) in [5.74, 6) is 0.216. The summed E-state index contributed by atoms with van der Waals surface area (Å²) in [6.45, 7) is 6.87. The number of hydrogen-bond donors (Lipinski definition) is 1. The molecule has 0 spiro atoms. The van der Waals surface area contributed by atoms with Crippen LogP contribution < -0.4 is 5.32 Å². The highest BCUT2D eigenvalue weighted by Crippen LogP contribution is 2.20. The van der Waals surface area contributed by atoms with Crippen LogP contribution in [0, 0.1) is 0 Å². The average Bonchev–Trinajstić information content (AvgIpc) is 2.35. The van der Waals surface area contributed by atoms with Crippen molar-refractivity contribution in [3.8, 4) is 0 Å². The van der Waals surface area contributed by atoms with Gasteiger partial charge in [-0.05, 0) is 18.9 Å². The van der Waals surface area contributed by atoms with Crippen LogP contribution in [0.2, 0.25) is 0 Å². The Hall–Kier alpha value is -1.35. The standard InChI is InChI=1S/C15H22N2O/c1-3-9-17(14-10-16-11-14)15(18)12(2)13-7-5-4-6-8-13/h4-8,12,14,16H,3,9-11H2,1-2H3. The van der Waals surface area contributed by atoms with Gasteiger partial charge in [0.25, 0.3) is 0 Å². The quantitative estimate of drug-likeness (QED) is 0.862. The highest BCUT2D eigenvalue weighted by molar-refractivity contribution is 5.83. The van der Waals surface area contributed by atoms with Gasteiger partial charge in [-0.1, -0.05) is 37.3 Å². The minimum atomic E-state index is -0.0432. The van der Waals surface area contributed by atoms with E-state index in [0.29, 0.717) is 6.04 Å². The van der Waals surface area contributed by atoms with Gasteiger partial charge in [-0.15, -0.1) is 0 Å². The molecule has 1 N–H and O–H groups in total. The molecular weight excluding hydrogens is 224 g/mol. The van der Waals surface area contributed by atoms with Crippen molar-refractivity contribution in [2.45, 2.75) is 32.2 Å². The summed E-state index contributed by atoms with van der Waals surface area (Å²) in [6.07, 6.45) is 1.02. The van der Waals surface area contributed by atoms with Gasteiger partial charge in [0.15, 0.2) is 0 Å². The molecule has 1 aromatic carbocycles. The van der Waals surface area contributed by atoms with Crippen molar-refractivity contribution in [2.24, 2.45) is 0 Å². The first-order valence-electron chi connectivity index (χ1n) is 6.80. The zero-order valence-electron chi connectivity index (χ0n) is 11.2. The Morgan fingerprint density at radius 3 is 2.56 bits per heavy atom. The summed E-state index contributed by atoms with van der Waals surface area (Å²) in [5.41, 5.74) is 1.11. The molecule has 2 rings (SSSR count). The lowest BCUT2D eigenvalue weighted by atomic mass is 9.98. The van der Waals surface area contributed by atoms with Gasteiger partial charge in [-0.25, -0.2) is 0 Å². The van der Waals surface area contributed by atoms with Crippen molar-refractivity contribution < 1.29 is 4.79 Å². The third-order valence-electron chi connectivity index (χ3n) is 3.62. The second kappa shape index (κ2) is 6.01. The Morgan fingerprint density at radius 1 is 1.39 bits per heavy atom. The number of hydrogen-bond acceptors (Lipinski definition) is 2. The van der Waals surface area contributed by atoms with Crippen LogP contribution in [0.25, 0.3) is 0 Å². The number of amides is 1. The molecule has 3 nitrogen and oxygen atoms in total. The number of carbonyl (C=O) groups excluding carboxylic acids is 1. The van der Waals surface area contributed by atoms with Crippen molar-refractivity contribution in [1.29, 1.82) is 0 Å². The highest BCUT2D eigenvalue weighted by atomic mass is 16.2. The summed E-state index contributed by atoms with van der Waals surface area (Å²) in [4.78, 5) is 14.6. The Balaban J connectivity index is 2.07. The van der Waals surface area contributed by atoms with Crippen LogP contribution in [0.4, 0.5) is 0 Å². The van der Waals surface area contributed by atoms with E-state index in [0.717, 1.165) is 31.6 Å². The topological polar surface area (TPSA) is 32.3 Å². The van der Waals surface area contributed by atoms with Crippen LogP contribution in [0.3, 0.4) is 0 Å². The Kier molecular flexibility index (Phi) is 4.37. The minimum Gasteiger partial charge on any atom is -0.337 e. The van der Waals surface area contributed by atoms with E-state index in [1.165, 1.54) is 0 Å². The van der Waals surface area contributed by atoms with E-state index in [-0.39, 0.29) is 11.8 Å². The first-order chi connectivity index (χ1) is 8.74. The molecule has 0 bridgehead atoms. The maximum Gasteiger partial charge on any atom is 0.230 e. The molecule has 1 aliphatic heterocycles. The normalized spacial score (nSPS) is 17.0. The van der Waals surface area contributed by atoms with Crippen LogP contribution in [-0.4, -0.2) is 36.5 Å². The van der Waals surface area contributed by atoms with Gasteiger partial charge >= 0.3 is 0 Å². The van der Waals surface area contributed by atoms with Crippen LogP contribution >= 0.6 is 0 Å². The highest BCUT2D eigenvalue weighted by Gasteiger charge is 2.30. The summed E-state index contributed by atoms with van der Waals surface area (Å²) < 4.78 is 0. The summed E-state index contributed by atoms with van der Waals surface area (Å²) in [6, 6.07) is 10.4. The molecule has 1 unspecified atom stereocenters. The van der Waals surface area contributed by atoms with Crippen molar-refractivity contribution >= 4 is 5.91 Å². The number of nitrogens with one attached hydrogen (secondary N) is 1. The van der Waals surface area contributed by atoms with Crippen LogP contribution in [-0.2, 0) is 4.79 Å². The fourth-order valence-electron chi connectivity index (χ4n) is 2.34. The Bertz CT molecular complexity index is 387. The van der Waals surface area contributed by atoms with E-state index in [1.807, 2.05) is 42.2 Å². The predicted octanol–water partition coefficient (Wildman–Crippen LogP) is 2.00. The minimum absolute atomic E-state index is 0.0432. The first-order valence-corrected chi connectivity index (χ1v) is 6.80. The molecule has 0 aliphatic carbocycles. The van der Waals surface area contributed by atoms with Crippen LogP contribution in [0.5, 0.6) is 0 Å². The van der Waals surface area contributed by atoms with E-state index in [1.54, 1.807) is 0 Å². The Morgan fingerprint density at radius 2 is 2.06 bits per heavy atom. The first kappa shape index (κ1) is 13.1. The molecule has 1 atom stereocenters. The lowest BCUT2D eigenvalue weighted by Crippen LogP contribution is -2.59. The van der Waals surface area contributed by atoms with E-state index in [2.05, 4.69) is 12.2 Å². The van der Waals surface area contributed by atoms with Gasteiger partial charge in [-0.3, -0.25) is 4.79 Å². The predicted molar refractivity (Wildman–Crippen MR) is 73.5 cm³/mol. The SMILES string of the molecule is CCCN(C(=O)C(C)c1ccccc1)C1CNC1. The van der Waals surface area contributed by atoms with Crippen molar-refractivity contribution in [1.82, 2.24) is 10.2 Å². The second-order valence-corrected chi connectivity index (χ2v) is 4.98. The summed E-state index contributed by atoms with van der Waals surface area (Å²) in [7, 11) is 0. The maximum absolute atomic E-state index is 12.6. The Labute approximate surface area is 109 Å². The lowest BCUT2D eigenvalue weighted by molar-refractivity contribution is -0.135. The molecule has 1 amide bonds. The molecule has 0 radical (unpaired) electrons. The molecule has 0 aromatic heterocycles. The second-order valence-electron chi connectivity index (χ2n) is 4.98. The smallest absolute Gasteiger partial charge is 0.230 e. The van der Waals surface area contributed by atoms with Crippen LogP contribution in [0.1, 0.15) is 31.7 Å². The monoisotopic (exact) mass is 246 g/mol. The van der Waals surface area contributed by atoms with E-state index >= 15 is 0 Å². The van der Waals surface area contributed by atoms with Gasteiger partial charge in [0.2, 0.25) is 5.91 Å². The van der Waals surface area contributed by atoms with E-state index < -0.39 is 0 Å². The zero-order chi connectivity index (χ0) is 13.0. The van der Waals surface area contributed by atoms with Gasteiger partial charge in [0.1, 0.15) is 0 Å². The fourth-order valence-corrected chi connectivity index (χ4v) is 2.34. The molecule has 18 heavy (non-hydrogen) atoms. The van der Waals surface area contributed by atoms with E-state index in [9.17, 15) is 4.79 Å². The average molecular weight is 246 g/mol. The summed E-state index contributed by atoms with van der Waals surface area (Å²) in [5, 5.41) is 3.24. The molecule has 1 fully saturated rings. The zero-order valence-corrected chi connectivity index (χ0v) is 11.2. The van der Waals surface area contributed by atoms with Crippen molar-refractivity contribution in [2.75, 3.05) is 19.6 Å². The van der Waals surface area contributed by atoms with Gasteiger partial charge < -0.3 is 10.2 Å². The number of rotatable bonds is 5. The van der Waals surface area contributed by atoms with E-state index in [4.69, 9.17) is 0 Å². The molecular formula is C15H22N2O.